The molecule has 0 bridgehead atoms. The van der Waals surface area contributed by atoms with E-state index in [1.165, 1.54) is 22.5 Å². The normalized spacial score (nSPS) is 11.3. The maximum atomic E-state index is 5.96. The van der Waals surface area contributed by atoms with E-state index in [1.807, 2.05) is 0 Å². The molecule has 0 aliphatic heterocycles. The fraction of sp³-hybridized carbons (Fsp3) is 0.321. The molecule has 1 aromatic heterocycles. The molecule has 0 N–H and O–H groups in total. The number of hydrogen-bond acceptors (Lipinski definition) is 2. The Morgan fingerprint density at radius 3 is 2.32 bits per heavy atom. The molecule has 0 spiro atoms. The van der Waals surface area contributed by atoms with Gasteiger partial charge in [0, 0.05) is 13.0 Å². The van der Waals surface area contributed by atoms with Gasteiger partial charge in [-0.25, -0.2) is 4.98 Å². The Morgan fingerprint density at radius 1 is 0.806 bits per heavy atom. The highest BCUT2D eigenvalue weighted by atomic mass is 16.5. The fourth-order valence-corrected chi connectivity index (χ4v) is 3.98. The number of fused-ring (bicyclic) bond motifs is 1. The van der Waals surface area contributed by atoms with Crippen LogP contribution in [0.4, 0.5) is 0 Å². The minimum absolute atomic E-state index is 0.551. The SMILES string of the molecule is CC(C)c1ccc(OCCCCn2c(CCc3ccccc3)nc3ccccc32)cc1. The van der Waals surface area contributed by atoms with E-state index in [1.54, 1.807) is 0 Å². The van der Waals surface area contributed by atoms with Gasteiger partial charge >= 0.3 is 0 Å². The van der Waals surface area contributed by atoms with Crippen LogP contribution >= 0.6 is 0 Å². The van der Waals surface area contributed by atoms with Crippen LogP contribution in [0.3, 0.4) is 0 Å². The van der Waals surface area contributed by atoms with Crippen LogP contribution < -0.4 is 4.74 Å². The average molecular weight is 413 g/mol. The van der Waals surface area contributed by atoms with Crippen LogP contribution in [0.25, 0.3) is 11.0 Å². The molecular formula is C28H32N2O. The van der Waals surface area contributed by atoms with Crippen LogP contribution in [0.2, 0.25) is 0 Å². The van der Waals surface area contributed by atoms with Crippen molar-refractivity contribution in [3.05, 3.63) is 95.8 Å². The highest BCUT2D eigenvalue weighted by Gasteiger charge is 2.10. The number of ether oxygens (including phenoxy) is 1. The van der Waals surface area contributed by atoms with Crippen molar-refractivity contribution in [3.8, 4) is 5.75 Å². The third-order valence-corrected chi connectivity index (χ3v) is 5.81. The highest BCUT2D eigenvalue weighted by Crippen LogP contribution is 2.20. The molecule has 3 heteroatoms. The number of nitrogens with zero attached hydrogens (tertiary/aromatic N) is 2. The first kappa shape index (κ1) is 21.2. The predicted octanol–water partition coefficient (Wildman–Crippen LogP) is 6.80. The smallest absolute Gasteiger partial charge is 0.119 e. The third kappa shape index (κ3) is 5.55. The molecule has 0 saturated carbocycles. The van der Waals surface area contributed by atoms with Crippen molar-refractivity contribution < 1.29 is 4.74 Å². The number of rotatable bonds is 10. The first-order valence-corrected chi connectivity index (χ1v) is 11.4. The van der Waals surface area contributed by atoms with Gasteiger partial charge in [-0.2, -0.15) is 0 Å². The Hall–Kier alpha value is -3.07. The highest BCUT2D eigenvalue weighted by molar-refractivity contribution is 5.75. The summed E-state index contributed by atoms with van der Waals surface area (Å²) in [5.74, 6) is 2.69. The molecule has 31 heavy (non-hydrogen) atoms. The summed E-state index contributed by atoms with van der Waals surface area (Å²) in [5, 5.41) is 0. The Kier molecular flexibility index (Phi) is 7.03. The molecule has 0 aliphatic rings. The molecular weight excluding hydrogens is 380 g/mol. The van der Waals surface area contributed by atoms with E-state index in [0.29, 0.717) is 5.92 Å². The van der Waals surface area contributed by atoms with Gasteiger partial charge in [0.05, 0.1) is 17.6 Å². The third-order valence-electron chi connectivity index (χ3n) is 5.81. The first-order valence-electron chi connectivity index (χ1n) is 11.4. The monoisotopic (exact) mass is 412 g/mol. The summed E-state index contributed by atoms with van der Waals surface area (Å²) >= 11 is 0. The minimum Gasteiger partial charge on any atom is -0.494 e. The number of para-hydroxylation sites is 2. The first-order chi connectivity index (χ1) is 15.2. The van der Waals surface area contributed by atoms with Crippen LogP contribution in [0, 0.1) is 0 Å². The van der Waals surface area contributed by atoms with Crippen molar-refractivity contribution in [1.29, 1.82) is 0 Å². The van der Waals surface area contributed by atoms with Crippen molar-refractivity contribution in [3.63, 3.8) is 0 Å². The van der Waals surface area contributed by atoms with Crippen molar-refractivity contribution in [2.75, 3.05) is 6.61 Å². The Labute approximate surface area is 185 Å². The second kappa shape index (κ2) is 10.3. The van der Waals surface area contributed by atoms with Gasteiger partial charge < -0.3 is 9.30 Å². The Balaban J connectivity index is 1.34. The number of unbranched alkanes of at least 4 members (excludes halogenated alkanes) is 1. The molecule has 0 radical (unpaired) electrons. The molecule has 0 unspecified atom stereocenters. The lowest BCUT2D eigenvalue weighted by molar-refractivity contribution is 0.303. The lowest BCUT2D eigenvalue weighted by Gasteiger charge is -2.11. The summed E-state index contributed by atoms with van der Waals surface area (Å²) in [6.45, 7) is 6.14. The molecule has 0 saturated heterocycles. The van der Waals surface area contributed by atoms with Crippen LogP contribution in [-0.4, -0.2) is 16.2 Å². The van der Waals surface area contributed by atoms with Gasteiger partial charge in [-0.15, -0.1) is 0 Å². The van der Waals surface area contributed by atoms with Gasteiger partial charge in [-0.1, -0.05) is 68.4 Å². The lowest BCUT2D eigenvalue weighted by Crippen LogP contribution is -2.07. The van der Waals surface area contributed by atoms with Crippen LogP contribution in [0.5, 0.6) is 5.75 Å². The zero-order valence-electron chi connectivity index (χ0n) is 18.6. The van der Waals surface area contributed by atoms with Gasteiger partial charge in [-0.3, -0.25) is 0 Å². The molecule has 0 aliphatic carbocycles. The van der Waals surface area contributed by atoms with Crippen molar-refractivity contribution in [2.45, 2.75) is 52.0 Å². The summed E-state index contributed by atoms with van der Waals surface area (Å²) in [5.41, 5.74) is 5.03. The summed E-state index contributed by atoms with van der Waals surface area (Å²) in [4.78, 5) is 4.93. The van der Waals surface area contributed by atoms with Crippen LogP contribution in [-0.2, 0) is 19.4 Å². The maximum absolute atomic E-state index is 5.96. The summed E-state index contributed by atoms with van der Waals surface area (Å²) in [6.07, 6.45) is 4.07. The molecule has 0 amide bonds. The van der Waals surface area contributed by atoms with E-state index in [2.05, 4.69) is 97.3 Å². The second-order valence-electron chi connectivity index (χ2n) is 8.43. The maximum Gasteiger partial charge on any atom is 0.119 e. The largest absolute Gasteiger partial charge is 0.494 e. The molecule has 3 aromatic carbocycles. The van der Waals surface area contributed by atoms with Gasteiger partial charge in [0.15, 0.2) is 0 Å². The van der Waals surface area contributed by atoms with Gasteiger partial charge in [0.1, 0.15) is 11.6 Å². The van der Waals surface area contributed by atoms with E-state index in [-0.39, 0.29) is 0 Å². The quantitative estimate of drug-likeness (QED) is 0.268. The number of benzene rings is 3. The molecule has 4 aromatic rings. The van der Waals surface area contributed by atoms with Gasteiger partial charge in [-0.05, 0) is 60.6 Å². The zero-order valence-corrected chi connectivity index (χ0v) is 18.6. The summed E-state index contributed by atoms with van der Waals surface area (Å²) < 4.78 is 8.36. The van der Waals surface area contributed by atoms with Crippen LogP contribution in [0.15, 0.2) is 78.9 Å². The molecule has 0 fully saturated rings. The number of hydrogen-bond donors (Lipinski definition) is 0. The van der Waals surface area contributed by atoms with E-state index < -0.39 is 0 Å². The molecule has 3 nitrogen and oxygen atoms in total. The van der Waals surface area contributed by atoms with Crippen molar-refractivity contribution in [2.24, 2.45) is 0 Å². The number of aromatic nitrogens is 2. The summed E-state index contributed by atoms with van der Waals surface area (Å²) in [6, 6.07) is 27.6. The van der Waals surface area contributed by atoms with E-state index >= 15 is 0 Å². The molecule has 160 valence electrons. The molecule has 4 rings (SSSR count). The van der Waals surface area contributed by atoms with Gasteiger partial charge in [0.2, 0.25) is 0 Å². The fourth-order valence-electron chi connectivity index (χ4n) is 3.98. The Bertz CT molecular complexity index is 1080. The number of aryl methyl sites for hydroxylation is 3. The molecule has 0 atom stereocenters. The summed E-state index contributed by atoms with van der Waals surface area (Å²) in [7, 11) is 0. The van der Waals surface area contributed by atoms with E-state index in [9.17, 15) is 0 Å². The number of imidazole rings is 1. The second-order valence-corrected chi connectivity index (χ2v) is 8.43. The van der Waals surface area contributed by atoms with E-state index in [4.69, 9.17) is 9.72 Å². The Morgan fingerprint density at radius 2 is 1.55 bits per heavy atom. The van der Waals surface area contributed by atoms with Crippen LogP contribution in [0.1, 0.15) is 49.6 Å². The standard InChI is InChI=1S/C28H32N2O/c1-22(2)24-15-17-25(18-16-24)31-21-9-8-20-30-27-13-7-6-12-26(27)29-28(30)19-14-23-10-4-3-5-11-23/h3-7,10-13,15-18,22H,8-9,14,19-21H2,1-2H3. The predicted molar refractivity (Wildman–Crippen MR) is 129 cm³/mol. The van der Waals surface area contributed by atoms with Gasteiger partial charge in [0.25, 0.3) is 0 Å². The topological polar surface area (TPSA) is 27.1 Å². The zero-order chi connectivity index (χ0) is 21.5. The average Bonchev–Trinajstić information content (AvgIpc) is 3.16. The lowest BCUT2D eigenvalue weighted by atomic mass is 10.0. The van der Waals surface area contributed by atoms with Crippen molar-refractivity contribution >= 4 is 11.0 Å². The van der Waals surface area contributed by atoms with E-state index in [0.717, 1.165) is 50.1 Å². The van der Waals surface area contributed by atoms with Crippen molar-refractivity contribution in [1.82, 2.24) is 9.55 Å². The minimum atomic E-state index is 0.551. The molecule has 1 heterocycles.